The van der Waals surface area contributed by atoms with Crippen molar-refractivity contribution in [3.63, 3.8) is 0 Å². The lowest BCUT2D eigenvalue weighted by Gasteiger charge is -2.21. The van der Waals surface area contributed by atoms with E-state index in [-0.39, 0.29) is 0 Å². The lowest BCUT2D eigenvalue weighted by Crippen LogP contribution is -2.21. The van der Waals surface area contributed by atoms with Gasteiger partial charge in [-0.05, 0) is 56.2 Å². The second-order valence-corrected chi connectivity index (χ2v) is 5.33. The van der Waals surface area contributed by atoms with Crippen molar-refractivity contribution in [2.24, 2.45) is 0 Å². The number of benzene rings is 1. The molecule has 2 rings (SSSR count). The van der Waals surface area contributed by atoms with Crippen molar-refractivity contribution < 1.29 is 0 Å². The number of nitrogens with one attached hydrogen (secondary N) is 1. The highest BCUT2D eigenvalue weighted by Crippen LogP contribution is 2.18. The van der Waals surface area contributed by atoms with Gasteiger partial charge in [-0.3, -0.25) is 0 Å². The van der Waals surface area contributed by atoms with E-state index in [2.05, 4.69) is 78.3 Å². The monoisotopic (exact) mass is 285 g/mol. The summed E-state index contributed by atoms with van der Waals surface area (Å²) in [6, 6.07) is 10.9. The number of hydrogen-bond acceptors (Lipinski definition) is 2. The van der Waals surface area contributed by atoms with Gasteiger partial charge in [0.15, 0.2) is 0 Å². The number of nitrogens with zero attached hydrogens (tertiary/aromatic N) is 2. The SMILES string of the molecule is CCCn1ccc(CNc2ccc(N(CC)CC)cc2)c1. The van der Waals surface area contributed by atoms with Crippen LogP contribution in [0.4, 0.5) is 11.4 Å². The Bertz CT molecular complexity index is 524. The van der Waals surface area contributed by atoms with Crippen LogP contribution in [0.3, 0.4) is 0 Å². The number of anilines is 2. The number of aryl methyl sites for hydroxylation is 1. The molecule has 0 atom stereocenters. The average Bonchev–Trinajstić information content (AvgIpc) is 2.96. The van der Waals surface area contributed by atoms with Crippen LogP contribution in [0, 0.1) is 0 Å². The summed E-state index contributed by atoms with van der Waals surface area (Å²) in [5.41, 5.74) is 3.80. The Morgan fingerprint density at radius 1 is 1.00 bits per heavy atom. The topological polar surface area (TPSA) is 20.2 Å². The molecule has 0 saturated carbocycles. The van der Waals surface area contributed by atoms with Crippen LogP contribution in [0.5, 0.6) is 0 Å². The predicted molar refractivity (Wildman–Crippen MR) is 92.1 cm³/mol. The molecule has 1 aromatic heterocycles. The summed E-state index contributed by atoms with van der Waals surface area (Å²) in [5, 5.41) is 3.49. The first kappa shape index (κ1) is 15.5. The van der Waals surface area contributed by atoms with E-state index in [4.69, 9.17) is 0 Å². The van der Waals surface area contributed by atoms with Gasteiger partial charge < -0.3 is 14.8 Å². The van der Waals surface area contributed by atoms with Crippen molar-refractivity contribution in [1.29, 1.82) is 0 Å². The van der Waals surface area contributed by atoms with E-state index in [1.54, 1.807) is 0 Å². The standard InChI is InChI=1S/C18H27N3/c1-4-12-20-13-11-16(15-20)14-19-17-7-9-18(10-8-17)21(5-2)6-3/h7-11,13,15,19H,4-6,12,14H2,1-3H3. The third kappa shape index (κ3) is 4.28. The normalized spacial score (nSPS) is 10.6. The second kappa shape index (κ2) is 7.77. The lowest BCUT2D eigenvalue weighted by atomic mass is 10.2. The highest BCUT2D eigenvalue weighted by Gasteiger charge is 2.01. The first-order valence-corrected chi connectivity index (χ1v) is 8.00. The van der Waals surface area contributed by atoms with E-state index in [1.165, 1.54) is 23.4 Å². The predicted octanol–water partition coefficient (Wildman–Crippen LogP) is 4.36. The molecule has 0 amide bonds. The molecule has 0 aliphatic rings. The highest BCUT2D eigenvalue weighted by atomic mass is 15.1. The molecule has 0 saturated heterocycles. The molecule has 3 nitrogen and oxygen atoms in total. The maximum Gasteiger partial charge on any atom is 0.0415 e. The van der Waals surface area contributed by atoms with Crippen molar-refractivity contribution in [3.05, 3.63) is 48.3 Å². The zero-order valence-electron chi connectivity index (χ0n) is 13.5. The van der Waals surface area contributed by atoms with Crippen molar-refractivity contribution in [2.45, 2.75) is 40.3 Å². The Labute approximate surface area is 128 Å². The minimum Gasteiger partial charge on any atom is -0.381 e. The summed E-state index contributed by atoms with van der Waals surface area (Å²) >= 11 is 0. The van der Waals surface area contributed by atoms with Crippen LogP contribution in [-0.4, -0.2) is 17.7 Å². The first-order valence-electron chi connectivity index (χ1n) is 8.00. The Kier molecular flexibility index (Phi) is 5.73. The fraction of sp³-hybridized carbons (Fsp3) is 0.444. The molecule has 114 valence electrons. The smallest absolute Gasteiger partial charge is 0.0415 e. The van der Waals surface area contributed by atoms with Gasteiger partial charge in [0.05, 0.1) is 0 Å². The number of hydrogen-bond donors (Lipinski definition) is 1. The molecule has 0 spiro atoms. The molecular formula is C18H27N3. The summed E-state index contributed by atoms with van der Waals surface area (Å²) < 4.78 is 2.25. The van der Waals surface area contributed by atoms with Gasteiger partial charge >= 0.3 is 0 Å². The van der Waals surface area contributed by atoms with Gasteiger partial charge in [0, 0.05) is 49.9 Å². The van der Waals surface area contributed by atoms with E-state index in [9.17, 15) is 0 Å². The summed E-state index contributed by atoms with van der Waals surface area (Å²) in [7, 11) is 0. The maximum atomic E-state index is 3.49. The van der Waals surface area contributed by atoms with Crippen molar-refractivity contribution >= 4 is 11.4 Å². The fourth-order valence-corrected chi connectivity index (χ4v) is 2.58. The van der Waals surface area contributed by atoms with Crippen LogP contribution in [0.15, 0.2) is 42.7 Å². The first-order chi connectivity index (χ1) is 10.3. The average molecular weight is 285 g/mol. The molecule has 0 aliphatic heterocycles. The molecule has 1 aromatic carbocycles. The van der Waals surface area contributed by atoms with Gasteiger partial charge in [0.2, 0.25) is 0 Å². The zero-order valence-corrected chi connectivity index (χ0v) is 13.5. The van der Waals surface area contributed by atoms with Gasteiger partial charge in [0.1, 0.15) is 0 Å². The number of aromatic nitrogens is 1. The minimum absolute atomic E-state index is 0.876. The molecule has 0 fully saturated rings. The van der Waals surface area contributed by atoms with E-state index in [0.29, 0.717) is 0 Å². The van der Waals surface area contributed by atoms with Gasteiger partial charge in [-0.1, -0.05) is 6.92 Å². The fourth-order valence-electron chi connectivity index (χ4n) is 2.58. The van der Waals surface area contributed by atoms with Crippen molar-refractivity contribution in [1.82, 2.24) is 4.57 Å². The molecule has 0 unspecified atom stereocenters. The molecule has 0 aliphatic carbocycles. The van der Waals surface area contributed by atoms with Gasteiger partial charge in [0.25, 0.3) is 0 Å². The molecular weight excluding hydrogens is 258 g/mol. The van der Waals surface area contributed by atoms with E-state index in [0.717, 1.165) is 26.2 Å². The van der Waals surface area contributed by atoms with E-state index >= 15 is 0 Å². The van der Waals surface area contributed by atoms with Crippen LogP contribution < -0.4 is 10.2 Å². The van der Waals surface area contributed by atoms with Crippen LogP contribution in [-0.2, 0) is 13.1 Å². The summed E-state index contributed by atoms with van der Waals surface area (Å²) in [6.45, 7) is 10.7. The van der Waals surface area contributed by atoms with Crippen LogP contribution >= 0.6 is 0 Å². The molecule has 0 radical (unpaired) electrons. The summed E-state index contributed by atoms with van der Waals surface area (Å²) in [4.78, 5) is 2.36. The minimum atomic E-state index is 0.876. The Balaban J connectivity index is 1.90. The van der Waals surface area contributed by atoms with Gasteiger partial charge in [-0.2, -0.15) is 0 Å². The maximum absolute atomic E-state index is 3.49. The molecule has 1 heterocycles. The van der Waals surface area contributed by atoms with Crippen molar-refractivity contribution in [2.75, 3.05) is 23.3 Å². The molecule has 3 heteroatoms. The van der Waals surface area contributed by atoms with Gasteiger partial charge in [-0.25, -0.2) is 0 Å². The largest absolute Gasteiger partial charge is 0.381 e. The van der Waals surface area contributed by atoms with Crippen molar-refractivity contribution in [3.8, 4) is 0 Å². The molecule has 21 heavy (non-hydrogen) atoms. The highest BCUT2D eigenvalue weighted by molar-refractivity contribution is 5.55. The molecule has 1 N–H and O–H groups in total. The third-order valence-electron chi connectivity index (χ3n) is 3.79. The van der Waals surface area contributed by atoms with Crippen LogP contribution in [0.25, 0.3) is 0 Å². The third-order valence-corrected chi connectivity index (χ3v) is 3.79. The van der Waals surface area contributed by atoms with Gasteiger partial charge in [-0.15, -0.1) is 0 Å². The second-order valence-electron chi connectivity index (χ2n) is 5.33. The molecule has 0 bridgehead atoms. The molecule has 2 aromatic rings. The summed E-state index contributed by atoms with van der Waals surface area (Å²) in [6.07, 6.45) is 5.55. The summed E-state index contributed by atoms with van der Waals surface area (Å²) in [5.74, 6) is 0. The Hall–Kier alpha value is -1.90. The quantitative estimate of drug-likeness (QED) is 0.778. The zero-order chi connectivity index (χ0) is 15.1. The lowest BCUT2D eigenvalue weighted by molar-refractivity contribution is 0.682. The Morgan fingerprint density at radius 3 is 2.33 bits per heavy atom. The Morgan fingerprint density at radius 2 is 1.71 bits per heavy atom. The van der Waals surface area contributed by atoms with E-state index < -0.39 is 0 Å². The van der Waals surface area contributed by atoms with E-state index in [1.807, 2.05) is 0 Å². The van der Waals surface area contributed by atoms with Crippen LogP contribution in [0.1, 0.15) is 32.8 Å². The van der Waals surface area contributed by atoms with Crippen LogP contribution in [0.2, 0.25) is 0 Å². The number of rotatable bonds is 8.